The van der Waals surface area contributed by atoms with Gasteiger partial charge in [-0.1, -0.05) is 6.08 Å². The highest BCUT2D eigenvalue weighted by atomic mass is 16.6. The first-order chi connectivity index (χ1) is 10.4. The van der Waals surface area contributed by atoms with Crippen LogP contribution in [0.25, 0.3) is 16.6 Å². The highest BCUT2D eigenvalue weighted by Gasteiger charge is 2.24. The molecule has 0 atom stereocenters. The number of pyridine rings is 1. The summed E-state index contributed by atoms with van der Waals surface area (Å²) >= 11 is 0. The van der Waals surface area contributed by atoms with Crippen molar-refractivity contribution >= 4 is 22.7 Å². The molecule has 0 radical (unpaired) electrons. The van der Waals surface area contributed by atoms with Crippen molar-refractivity contribution in [3.8, 4) is 0 Å². The molecule has 2 aromatic rings. The molecule has 0 aromatic carbocycles. The number of aromatic nitrogens is 3. The van der Waals surface area contributed by atoms with E-state index < -0.39 is 5.60 Å². The van der Waals surface area contributed by atoms with Crippen LogP contribution < -0.4 is 0 Å². The molecule has 1 amide bonds. The number of fused-ring (bicyclic) bond motifs is 1. The van der Waals surface area contributed by atoms with E-state index in [0.717, 1.165) is 28.7 Å². The van der Waals surface area contributed by atoms with Crippen molar-refractivity contribution in [2.24, 2.45) is 0 Å². The lowest BCUT2D eigenvalue weighted by atomic mass is 10.0. The maximum atomic E-state index is 12.1. The third-order valence-electron chi connectivity index (χ3n) is 3.50. The number of aromatic amines is 1. The van der Waals surface area contributed by atoms with Gasteiger partial charge in [-0.25, -0.2) is 9.78 Å². The first-order valence-corrected chi connectivity index (χ1v) is 7.40. The number of ether oxygens (including phenoxy) is 1. The molecule has 0 aliphatic carbocycles. The molecule has 6 nitrogen and oxygen atoms in total. The predicted octanol–water partition coefficient (Wildman–Crippen LogP) is 2.98. The lowest BCUT2D eigenvalue weighted by Crippen LogP contribution is -2.39. The number of rotatable bonds is 1. The van der Waals surface area contributed by atoms with Crippen molar-refractivity contribution in [2.75, 3.05) is 13.1 Å². The molecule has 1 aliphatic rings. The fraction of sp³-hybridized carbons (Fsp3) is 0.438. The maximum absolute atomic E-state index is 12.1. The molecule has 0 fully saturated rings. The summed E-state index contributed by atoms with van der Waals surface area (Å²) < 4.78 is 5.40. The predicted molar refractivity (Wildman–Crippen MR) is 84.3 cm³/mol. The Balaban J connectivity index is 1.75. The van der Waals surface area contributed by atoms with Crippen molar-refractivity contribution in [3.63, 3.8) is 0 Å². The second-order valence-corrected chi connectivity index (χ2v) is 6.38. The largest absolute Gasteiger partial charge is 0.444 e. The Hall–Kier alpha value is -2.37. The van der Waals surface area contributed by atoms with Crippen LogP contribution in [0.4, 0.5) is 4.79 Å². The molecule has 116 valence electrons. The van der Waals surface area contributed by atoms with Crippen LogP contribution >= 0.6 is 0 Å². The molecule has 0 saturated carbocycles. The lowest BCUT2D eigenvalue weighted by molar-refractivity contribution is 0.0270. The van der Waals surface area contributed by atoms with Crippen LogP contribution in [0.2, 0.25) is 0 Å². The van der Waals surface area contributed by atoms with E-state index in [-0.39, 0.29) is 6.09 Å². The summed E-state index contributed by atoms with van der Waals surface area (Å²) in [6.45, 7) is 6.80. The molecule has 0 bridgehead atoms. The van der Waals surface area contributed by atoms with Crippen LogP contribution in [0.3, 0.4) is 0 Å². The third kappa shape index (κ3) is 2.95. The van der Waals surface area contributed by atoms with Crippen molar-refractivity contribution in [1.82, 2.24) is 20.1 Å². The molecule has 2 aromatic heterocycles. The molecule has 0 saturated heterocycles. The average molecular weight is 300 g/mol. The minimum absolute atomic E-state index is 0.267. The van der Waals surface area contributed by atoms with Crippen LogP contribution in [0.5, 0.6) is 0 Å². The van der Waals surface area contributed by atoms with Gasteiger partial charge in [-0.3, -0.25) is 5.10 Å². The molecule has 3 rings (SSSR count). The molecule has 6 heteroatoms. The van der Waals surface area contributed by atoms with Crippen LogP contribution in [-0.4, -0.2) is 44.9 Å². The molecular weight excluding hydrogens is 280 g/mol. The summed E-state index contributed by atoms with van der Waals surface area (Å²) in [5, 5.41) is 8.31. The number of amides is 1. The van der Waals surface area contributed by atoms with Crippen molar-refractivity contribution < 1.29 is 9.53 Å². The van der Waals surface area contributed by atoms with Crippen LogP contribution in [0.15, 0.2) is 24.4 Å². The Morgan fingerprint density at radius 1 is 1.41 bits per heavy atom. The monoisotopic (exact) mass is 300 g/mol. The quantitative estimate of drug-likeness (QED) is 0.879. The first kappa shape index (κ1) is 14.6. The van der Waals surface area contributed by atoms with Gasteiger partial charge in [-0.05, 0) is 44.9 Å². The Morgan fingerprint density at radius 2 is 2.23 bits per heavy atom. The van der Waals surface area contributed by atoms with Gasteiger partial charge in [0, 0.05) is 24.7 Å². The van der Waals surface area contributed by atoms with Gasteiger partial charge in [0.15, 0.2) is 5.65 Å². The number of nitrogens with zero attached hydrogens (tertiary/aromatic N) is 3. The van der Waals surface area contributed by atoms with Gasteiger partial charge in [0.25, 0.3) is 0 Å². The smallest absolute Gasteiger partial charge is 0.410 e. The second-order valence-electron chi connectivity index (χ2n) is 6.38. The van der Waals surface area contributed by atoms with Gasteiger partial charge >= 0.3 is 6.09 Å². The number of hydrogen-bond donors (Lipinski definition) is 1. The SMILES string of the molecule is CC(C)(C)OC(=O)N1CC=C(c2n[nH]c3ncccc23)CC1. The Kier molecular flexibility index (Phi) is 3.60. The number of nitrogens with one attached hydrogen (secondary N) is 1. The van der Waals surface area contributed by atoms with Gasteiger partial charge in [0.2, 0.25) is 0 Å². The van der Waals surface area contributed by atoms with Gasteiger partial charge in [-0.2, -0.15) is 5.10 Å². The fourth-order valence-electron chi connectivity index (χ4n) is 2.48. The van der Waals surface area contributed by atoms with Crippen molar-refractivity contribution in [2.45, 2.75) is 32.8 Å². The van der Waals surface area contributed by atoms with Crippen LogP contribution in [0, 0.1) is 0 Å². The molecule has 22 heavy (non-hydrogen) atoms. The molecule has 3 heterocycles. The van der Waals surface area contributed by atoms with E-state index in [2.05, 4.69) is 15.2 Å². The number of H-pyrrole nitrogens is 1. The molecular formula is C16H20N4O2. The fourth-order valence-corrected chi connectivity index (χ4v) is 2.48. The molecule has 1 N–H and O–H groups in total. The van der Waals surface area contributed by atoms with Gasteiger partial charge in [0.05, 0.1) is 5.69 Å². The zero-order valence-electron chi connectivity index (χ0n) is 13.1. The van der Waals surface area contributed by atoms with Crippen LogP contribution in [0.1, 0.15) is 32.9 Å². The maximum Gasteiger partial charge on any atom is 0.410 e. The Bertz CT molecular complexity index is 727. The third-order valence-corrected chi connectivity index (χ3v) is 3.50. The first-order valence-electron chi connectivity index (χ1n) is 7.40. The van der Waals surface area contributed by atoms with Crippen LogP contribution in [-0.2, 0) is 4.74 Å². The summed E-state index contributed by atoms with van der Waals surface area (Å²) in [6, 6.07) is 3.90. The normalized spacial score (nSPS) is 15.8. The zero-order chi connectivity index (χ0) is 15.7. The highest BCUT2D eigenvalue weighted by molar-refractivity contribution is 5.88. The summed E-state index contributed by atoms with van der Waals surface area (Å²) in [7, 11) is 0. The lowest BCUT2D eigenvalue weighted by Gasteiger charge is -2.29. The summed E-state index contributed by atoms with van der Waals surface area (Å²) in [6.07, 6.45) is 4.27. The van der Waals surface area contributed by atoms with E-state index >= 15 is 0 Å². The van der Waals surface area contributed by atoms with Crippen molar-refractivity contribution in [1.29, 1.82) is 0 Å². The van der Waals surface area contributed by atoms with Gasteiger partial charge in [0.1, 0.15) is 5.60 Å². The Morgan fingerprint density at radius 3 is 2.91 bits per heavy atom. The minimum atomic E-state index is -0.467. The summed E-state index contributed by atoms with van der Waals surface area (Å²) in [4.78, 5) is 18.0. The second kappa shape index (κ2) is 5.44. The number of carbonyl (C=O) groups excluding carboxylic acids is 1. The van der Waals surface area contributed by atoms with Crippen molar-refractivity contribution in [3.05, 3.63) is 30.1 Å². The topological polar surface area (TPSA) is 71.1 Å². The Labute approximate surface area is 129 Å². The van der Waals surface area contributed by atoms with E-state index in [9.17, 15) is 4.79 Å². The van der Waals surface area contributed by atoms with Gasteiger partial charge in [-0.15, -0.1) is 0 Å². The van der Waals surface area contributed by atoms with E-state index in [4.69, 9.17) is 4.74 Å². The zero-order valence-corrected chi connectivity index (χ0v) is 13.1. The van der Waals surface area contributed by atoms with Gasteiger partial charge < -0.3 is 9.64 Å². The summed E-state index contributed by atoms with van der Waals surface area (Å²) in [5.41, 5.74) is 2.38. The van der Waals surface area contributed by atoms with E-state index in [1.54, 1.807) is 11.1 Å². The van der Waals surface area contributed by atoms with E-state index in [0.29, 0.717) is 13.1 Å². The van der Waals surface area contributed by atoms with E-state index in [1.807, 2.05) is 39.0 Å². The molecule has 1 aliphatic heterocycles. The minimum Gasteiger partial charge on any atom is -0.444 e. The average Bonchev–Trinajstić information content (AvgIpc) is 2.89. The van der Waals surface area contributed by atoms with E-state index in [1.165, 1.54) is 0 Å². The molecule has 0 spiro atoms. The highest BCUT2D eigenvalue weighted by Crippen LogP contribution is 2.26. The standard InChI is InChI=1S/C16H20N4O2/c1-16(2,3)22-15(21)20-9-6-11(7-10-20)13-12-5-4-8-17-14(12)19-18-13/h4-6,8H,7,9-10H2,1-3H3,(H,17,18,19). The number of carbonyl (C=O) groups is 1. The number of hydrogen-bond acceptors (Lipinski definition) is 4. The summed E-state index contributed by atoms with van der Waals surface area (Å²) in [5.74, 6) is 0. The molecule has 0 unspecified atom stereocenters.